The summed E-state index contributed by atoms with van der Waals surface area (Å²) in [6.45, 7) is 3.27. The van der Waals surface area contributed by atoms with Gasteiger partial charge in [-0.25, -0.2) is 14.2 Å². The number of carbonyl (C=O) groups excluding carboxylic acids is 3. The van der Waals surface area contributed by atoms with Crippen LogP contribution in [0.1, 0.15) is 284 Å². The molecule has 18 unspecified atom stereocenters. The van der Waals surface area contributed by atoms with Gasteiger partial charge in [-0.3, -0.25) is 13.8 Å². The van der Waals surface area contributed by atoms with Gasteiger partial charge in [0.05, 0.1) is 13.2 Å². The quantitative estimate of drug-likeness (QED) is 0.00673. The Morgan fingerprint density at radius 2 is 0.762 bits per heavy atom. The van der Waals surface area contributed by atoms with Crippen LogP contribution in [0.3, 0.4) is 0 Å². The lowest BCUT2D eigenvalue weighted by Gasteiger charge is -2.49. The van der Waals surface area contributed by atoms with E-state index in [1.165, 1.54) is 179 Å². The molecular formula is C76H135O24P. The largest absolute Gasteiger partial charge is 0.472 e. The van der Waals surface area contributed by atoms with Crippen molar-refractivity contribution in [3.05, 3.63) is 48.6 Å². The van der Waals surface area contributed by atoms with Crippen molar-refractivity contribution in [2.75, 3.05) is 26.4 Å². The van der Waals surface area contributed by atoms with E-state index in [-0.39, 0.29) is 6.42 Å². The Balaban J connectivity index is 1.75. The predicted molar refractivity (Wildman–Crippen MR) is 384 cm³/mol. The average Bonchev–Trinajstić information content (AvgIpc) is 0.762. The lowest BCUT2D eigenvalue weighted by Crippen LogP contribution is -2.69. The fourth-order valence-electron chi connectivity index (χ4n) is 12.7. The second-order valence-electron chi connectivity index (χ2n) is 27.9. The molecule has 2 heterocycles. The van der Waals surface area contributed by atoms with Gasteiger partial charge in [0.1, 0.15) is 98.7 Å². The maximum atomic E-state index is 14.3. The second kappa shape index (κ2) is 57.1. The molecule has 1 saturated carbocycles. The molecule has 2 saturated heterocycles. The normalized spacial score (nSPS) is 27.4. The van der Waals surface area contributed by atoms with Crippen molar-refractivity contribution in [3.8, 4) is 0 Å². The lowest BCUT2D eigenvalue weighted by molar-refractivity contribution is -0.360. The second-order valence-corrected chi connectivity index (χ2v) is 29.3. The van der Waals surface area contributed by atoms with Gasteiger partial charge in [0.25, 0.3) is 0 Å². The number of hydrogen-bond donors (Lipinski definition) is 11. The summed E-state index contributed by atoms with van der Waals surface area (Å²) in [5.41, 5.74) is 0. The van der Waals surface area contributed by atoms with E-state index >= 15 is 0 Å². The smallest absolute Gasteiger partial charge is 0.462 e. The van der Waals surface area contributed by atoms with Crippen LogP contribution in [0.25, 0.3) is 0 Å². The Morgan fingerprint density at radius 3 is 1.17 bits per heavy atom. The summed E-state index contributed by atoms with van der Waals surface area (Å²) >= 11 is 0. The van der Waals surface area contributed by atoms with Crippen LogP contribution in [0.4, 0.5) is 0 Å². The van der Waals surface area contributed by atoms with Crippen LogP contribution >= 0.6 is 7.82 Å². The third-order valence-corrected chi connectivity index (χ3v) is 20.0. The van der Waals surface area contributed by atoms with Gasteiger partial charge in [-0.1, -0.05) is 282 Å². The highest BCUT2D eigenvalue weighted by atomic mass is 31.2. The molecular weight excluding hydrogens is 1330 g/mol. The lowest BCUT2D eigenvalue weighted by atomic mass is 9.84. The molecule has 1 aliphatic carbocycles. The van der Waals surface area contributed by atoms with Crippen molar-refractivity contribution in [2.45, 2.75) is 388 Å². The van der Waals surface area contributed by atoms with E-state index in [4.69, 9.17) is 42.2 Å². The maximum absolute atomic E-state index is 14.3. The Bertz CT molecular complexity index is 2270. The van der Waals surface area contributed by atoms with Crippen LogP contribution in [-0.2, 0) is 61.2 Å². The van der Waals surface area contributed by atoms with Crippen molar-refractivity contribution in [2.24, 2.45) is 0 Å². The van der Waals surface area contributed by atoms with Gasteiger partial charge in [0.15, 0.2) is 18.7 Å². The Kier molecular flexibility index (Phi) is 52.1. The van der Waals surface area contributed by atoms with E-state index in [9.17, 15) is 74.9 Å². The van der Waals surface area contributed by atoms with Gasteiger partial charge >= 0.3 is 25.7 Å². The molecule has 0 amide bonds. The molecule has 0 radical (unpaired) electrons. The molecule has 0 bridgehead atoms. The number of phosphoric ester groups is 1. The Morgan fingerprint density at radius 1 is 0.406 bits per heavy atom. The highest BCUT2D eigenvalue weighted by molar-refractivity contribution is 7.47. The average molecular weight is 1460 g/mol. The first kappa shape index (κ1) is 92.1. The van der Waals surface area contributed by atoms with Gasteiger partial charge in [0.2, 0.25) is 0 Å². The topological polar surface area (TPSA) is 374 Å². The summed E-state index contributed by atoms with van der Waals surface area (Å²) in [5.74, 6) is -2.48. The Labute approximate surface area is 603 Å². The van der Waals surface area contributed by atoms with Crippen molar-refractivity contribution in [1.29, 1.82) is 0 Å². The summed E-state index contributed by atoms with van der Waals surface area (Å²) in [7, 11) is -5.73. The van der Waals surface area contributed by atoms with Gasteiger partial charge in [0, 0.05) is 18.6 Å². The predicted octanol–water partition coefficient (Wildman–Crippen LogP) is 11.2. The third-order valence-electron chi connectivity index (χ3n) is 19.0. The monoisotopic (exact) mass is 1460 g/mol. The minimum atomic E-state index is -5.73. The summed E-state index contributed by atoms with van der Waals surface area (Å²) in [4.78, 5) is 50.8. The zero-order valence-electron chi connectivity index (χ0n) is 61.4. The van der Waals surface area contributed by atoms with E-state index in [1.807, 2.05) is 12.2 Å². The van der Waals surface area contributed by atoms with E-state index in [0.717, 1.165) is 95.6 Å². The van der Waals surface area contributed by atoms with Crippen LogP contribution in [0.15, 0.2) is 48.6 Å². The zero-order valence-corrected chi connectivity index (χ0v) is 62.3. The van der Waals surface area contributed by atoms with Crippen LogP contribution in [0.5, 0.6) is 0 Å². The molecule has 3 fully saturated rings. The Hall–Kier alpha value is -3.08. The molecule has 25 heteroatoms. The van der Waals surface area contributed by atoms with Crippen LogP contribution < -0.4 is 0 Å². The minimum absolute atomic E-state index is 0.0246. The van der Waals surface area contributed by atoms with Crippen molar-refractivity contribution < 1.29 is 117 Å². The number of allylic oxidation sites excluding steroid dienone is 6. The number of unbranched alkanes of at least 4 members (excludes halogenated alkanes) is 37. The summed E-state index contributed by atoms with van der Waals surface area (Å²) < 4.78 is 64.7. The summed E-state index contributed by atoms with van der Waals surface area (Å²) in [6.07, 6.45) is 22.9. The van der Waals surface area contributed by atoms with E-state index in [0.29, 0.717) is 6.42 Å². The molecule has 18 atom stereocenters. The van der Waals surface area contributed by atoms with Crippen molar-refractivity contribution >= 4 is 25.7 Å². The number of hydrogen-bond acceptors (Lipinski definition) is 23. The van der Waals surface area contributed by atoms with E-state index in [2.05, 4.69) is 20.8 Å². The van der Waals surface area contributed by atoms with E-state index in [1.54, 1.807) is 12.2 Å². The molecule has 3 rings (SSSR count). The molecule has 588 valence electrons. The molecule has 24 nitrogen and oxygen atoms in total. The number of rotatable bonds is 60. The van der Waals surface area contributed by atoms with Gasteiger partial charge in [-0.05, 0) is 32.1 Å². The van der Waals surface area contributed by atoms with Crippen molar-refractivity contribution in [1.82, 2.24) is 0 Å². The molecule has 3 aliphatic rings. The summed E-state index contributed by atoms with van der Waals surface area (Å²) in [6, 6.07) is 0. The van der Waals surface area contributed by atoms with Crippen LogP contribution in [0.2, 0.25) is 0 Å². The van der Waals surface area contributed by atoms with Crippen LogP contribution in [0, 0.1) is 0 Å². The zero-order chi connectivity index (χ0) is 73.9. The van der Waals surface area contributed by atoms with Crippen LogP contribution in [-0.4, -0.2) is 204 Å². The number of aliphatic hydroxyl groups excluding tert-OH is 10. The molecule has 0 aromatic carbocycles. The van der Waals surface area contributed by atoms with Gasteiger partial charge in [-0.2, -0.15) is 0 Å². The number of esters is 3. The number of ether oxygens (including phenoxy) is 7. The first-order chi connectivity index (χ1) is 48.8. The fraction of sp³-hybridized carbons (Fsp3) is 0.855. The van der Waals surface area contributed by atoms with Gasteiger partial charge in [-0.15, -0.1) is 0 Å². The SMILES string of the molecule is CCCCCCCCCCCCC/C=C/C=C/C(=O)OCC1OC(OC2C(O)C(O)C(O)C(OC3OC(CO)C(O)C(O)C3O)C2OP(=O)(O)OCC(COC(=O)CCCCCCCCCCCCCCCCCC)OC(=O)/C=C/C=C/CCCCCCCCCCCCC)C(O)C(O)C1O. The molecule has 0 spiro atoms. The molecule has 101 heavy (non-hydrogen) atoms. The number of phosphoric acid groups is 1. The maximum Gasteiger partial charge on any atom is 0.472 e. The molecule has 11 N–H and O–H groups in total. The highest BCUT2D eigenvalue weighted by Crippen LogP contribution is 2.49. The van der Waals surface area contributed by atoms with E-state index < -0.39 is 156 Å². The first-order valence-corrected chi connectivity index (χ1v) is 40.5. The molecule has 0 aromatic rings. The molecule has 2 aliphatic heterocycles. The highest BCUT2D eigenvalue weighted by Gasteiger charge is 2.58. The fourth-order valence-corrected chi connectivity index (χ4v) is 13.7. The van der Waals surface area contributed by atoms with Gasteiger partial charge < -0.3 is 89.1 Å². The standard InChI is InChI=1S/C76H135O24P/c1-4-7-10-13-16-19-22-25-28-31-33-35-38-41-44-47-50-60(78)92-54-57(95-62(80)52-49-46-43-40-37-34-30-27-24-21-18-15-12-9-6-3)55-94-101(90,91)100-74-72(98-75-70(88)65(83)63(81)58(53-77)96-75)68(86)67(85)69(87)73(74)99-76-71(89)66(84)64(82)59(97-76)56-93-61(79)51-48-45-42-39-36-32-29-26-23-20-17-14-11-8-5-2/h42-43,45-46,48-49,51-52,57-59,63-77,81-89H,4-41,44,47,50,53-56H2,1-3H3,(H,90,91)/b45-42+,46-43+,51-48+,52-49+. The van der Waals surface area contributed by atoms with Crippen molar-refractivity contribution in [3.63, 3.8) is 0 Å². The first-order valence-electron chi connectivity index (χ1n) is 39.0. The minimum Gasteiger partial charge on any atom is -0.462 e. The molecule has 0 aromatic heterocycles. The third kappa shape index (κ3) is 39.9. The number of aliphatic hydroxyl groups is 10. The summed E-state index contributed by atoms with van der Waals surface area (Å²) in [5, 5.41) is 110. The number of carbonyl (C=O) groups is 3.